The summed E-state index contributed by atoms with van der Waals surface area (Å²) in [5, 5.41) is 3.04. The molecule has 0 aromatic carbocycles. The van der Waals surface area contributed by atoms with Gasteiger partial charge in [0.1, 0.15) is 0 Å². The molecule has 0 saturated heterocycles. The topological polar surface area (TPSA) is 12.0 Å². The summed E-state index contributed by atoms with van der Waals surface area (Å²) < 4.78 is 0. The quantitative estimate of drug-likeness (QED) is 0.534. The normalized spacial score (nSPS) is 23.0. The van der Waals surface area contributed by atoms with Crippen LogP contribution in [-0.2, 0) is 0 Å². The lowest BCUT2D eigenvalue weighted by atomic mass is 10.1. The zero-order chi connectivity index (χ0) is 7.40. The molecule has 0 radical (unpaired) electrons. The van der Waals surface area contributed by atoms with E-state index in [0.717, 1.165) is 0 Å². The lowest BCUT2D eigenvalue weighted by molar-refractivity contribution is 0.758. The molecule has 0 saturated carbocycles. The van der Waals surface area contributed by atoms with Crippen molar-refractivity contribution in [1.29, 1.82) is 0 Å². The maximum atomic E-state index is 3.04. The van der Waals surface area contributed by atoms with Gasteiger partial charge in [0, 0.05) is 6.04 Å². The number of hydrogen-bond acceptors (Lipinski definition) is 1. The summed E-state index contributed by atoms with van der Waals surface area (Å²) in [6, 6.07) is 3.19. The van der Waals surface area contributed by atoms with Gasteiger partial charge in [0.2, 0.25) is 0 Å². The van der Waals surface area contributed by atoms with Crippen molar-refractivity contribution in [1.82, 2.24) is 5.32 Å². The van der Waals surface area contributed by atoms with Gasteiger partial charge in [-0.1, -0.05) is 18.1 Å². The van der Waals surface area contributed by atoms with E-state index in [1.165, 1.54) is 5.57 Å². The van der Waals surface area contributed by atoms with Gasteiger partial charge >= 0.3 is 0 Å². The standard InChI is InChI=1S/C9H11N/c1-3-5-9-6-4-7-10-8(9)2/h3,5-6,8,10H,1-2H3/b5-3-. The molecular weight excluding hydrogens is 122 g/mol. The van der Waals surface area contributed by atoms with E-state index >= 15 is 0 Å². The zero-order valence-electron chi connectivity index (χ0n) is 6.31. The maximum Gasteiger partial charge on any atom is 0.0568 e. The fourth-order valence-electron chi connectivity index (χ4n) is 0.863. The van der Waals surface area contributed by atoms with Crippen molar-refractivity contribution >= 4 is 0 Å². The first kappa shape index (κ1) is 6.95. The molecule has 1 N–H and O–H groups in total. The Morgan fingerprint density at radius 3 is 3.10 bits per heavy atom. The highest BCUT2D eigenvalue weighted by molar-refractivity contribution is 5.35. The third kappa shape index (κ3) is 1.41. The number of nitrogens with one attached hydrogen (secondary N) is 1. The van der Waals surface area contributed by atoms with Crippen molar-refractivity contribution in [2.75, 3.05) is 0 Å². The molecule has 1 rings (SSSR count). The largest absolute Gasteiger partial charge is 0.338 e. The minimum Gasteiger partial charge on any atom is -0.338 e. The van der Waals surface area contributed by atoms with Crippen LogP contribution in [0.1, 0.15) is 13.8 Å². The second-order valence-electron chi connectivity index (χ2n) is 2.28. The lowest BCUT2D eigenvalue weighted by Crippen LogP contribution is -2.24. The Morgan fingerprint density at radius 1 is 1.70 bits per heavy atom. The molecule has 52 valence electrons. The van der Waals surface area contributed by atoms with Gasteiger partial charge in [-0.3, -0.25) is 0 Å². The second kappa shape index (κ2) is 3.12. The summed E-state index contributed by atoms with van der Waals surface area (Å²) in [7, 11) is 0. The number of rotatable bonds is 1. The molecule has 1 atom stereocenters. The third-order valence-corrected chi connectivity index (χ3v) is 1.46. The Morgan fingerprint density at radius 2 is 2.50 bits per heavy atom. The Kier molecular flexibility index (Phi) is 2.17. The van der Waals surface area contributed by atoms with Crippen LogP contribution in [0, 0.1) is 12.0 Å². The van der Waals surface area contributed by atoms with E-state index in [1.54, 1.807) is 0 Å². The van der Waals surface area contributed by atoms with Crippen LogP contribution in [0.5, 0.6) is 0 Å². The first-order chi connectivity index (χ1) is 4.84. The number of hydrogen-bond donors (Lipinski definition) is 1. The fourth-order valence-corrected chi connectivity index (χ4v) is 0.863. The van der Waals surface area contributed by atoms with E-state index in [2.05, 4.69) is 30.3 Å². The zero-order valence-corrected chi connectivity index (χ0v) is 6.31. The van der Waals surface area contributed by atoms with Crippen LogP contribution in [0.4, 0.5) is 0 Å². The van der Waals surface area contributed by atoms with Crippen LogP contribution >= 0.6 is 0 Å². The molecule has 0 amide bonds. The summed E-state index contributed by atoms with van der Waals surface area (Å²) in [4.78, 5) is 0. The highest BCUT2D eigenvalue weighted by Gasteiger charge is 2.03. The van der Waals surface area contributed by atoms with Gasteiger partial charge in [0.05, 0.1) is 6.04 Å². The van der Waals surface area contributed by atoms with Gasteiger partial charge in [-0.25, -0.2) is 0 Å². The van der Waals surface area contributed by atoms with Gasteiger partial charge in [-0.2, -0.15) is 0 Å². The van der Waals surface area contributed by atoms with Crippen molar-refractivity contribution < 1.29 is 0 Å². The summed E-state index contributed by atoms with van der Waals surface area (Å²) in [5.41, 5.74) is 1.25. The summed E-state index contributed by atoms with van der Waals surface area (Å²) in [5.74, 6) is 2.88. The molecule has 1 nitrogen and oxygen atoms in total. The highest BCUT2D eigenvalue weighted by atomic mass is 14.9. The first-order valence-corrected chi connectivity index (χ1v) is 3.43. The van der Waals surface area contributed by atoms with Crippen molar-refractivity contribution in [2.45, 2.75) is 19.9 Å². The van der Waals surface area contributed by atoms with Crippen LogP contribution in [0.25, 0.3) is 0 Å². The summed E-state index contributed by atoms with van der Waals surface area (Å²) in [6.45, 7) is 4.11. The Labute approximate surface area is 61.8 Å². The van der Waals surface area contributed by atoms with Crippen molar-refractivity contribution in [3.8, 4) is 12.0 Å². The van der Waals surface area contributed by atoms with Gasteiger partial charge < -0.3 is 5.32 Å². The molecule has 1 aliphatic heterocycles. The van der Waals surface area contributed by atoms with Crippen LogP contribution in [0.3, 0.4) is 0 Å². The minimum absolute atomic E-state index is 0.373. The number of allylic oxidation sites excluding steroid dienone is 2. The van der Waals surface area contributed by atoms with Crippen LogP contribution in [0.2, 0.25) is 0 Å². The molecule has 0 aromatic rings. The predicted molar refractivity (Wildman–Crippen MR) is 43.3 cm³/mol. The fraction of sp³-hybridized carbons (Fsp3) is 0.333. The van der Waals surface area contributed by atoms with Gasteiger partial charge in [-0.05, 0) is 25.5 Å². The summed E-state index contributed by atoms with van der Waals surface area (Å²) >= 11 is 0. The Balaban J connectivity index is 2.75. The average Bonchev–Trinajstić information content (AvgIpc) is 1.94. The second-order valence-corrected chi connectivity index (χ2v) is 2.28. The van der Waals surface area contributed by atoms with E-state index in [1.807, 2.05) is 19.1 Å². The third-order valence-electron chi connectivity index (χ3n) is 1.46. The molecule has 10 heavy (non-hydrogen) atoms. The van der Waals surface area contributed by atoms with E-state index < -0.39 is 0 Å². The van der Waals surface area contributed by atoms with E-state index in [4.69, 9.17) is 0 Å². The monoisotopic (exact) mass is 133 g/mol. The molecule has 1 aliphatic rings. The Bertz CT molecular complexity index is 225. The van der Waals surface area contributed by atoms with Crippen LogP contribution < -0.4 is 5.32 Å². The average molecular weight is 133 g/mol. The molecule has 0 aliphatic carbocycles. The SMILES string of the molecule is C/C=C\C1=CC#CNC1C. The first-order valence-electron chi connectivity index (χ1n) is 3.43. The van der Waals surface area contributed by atoms with E-state index in [9.17, 15) is 0 Å². The summed E-state index contributed by atoms with van der Waals surface area (Å²) in [6.07, 6.45) is 6.05. The van der Waals surface area contributed by atoms with Crippen molar-refractivity contribution in [2.24, 2.45) is 0 Å². The Hall–Kier alpha value is -1.16. The molecule has 0 bridgehead atoms. The van der Waals surface area contributed by atoms with Crippen LogP contribution in [-0.4, -0.2) is 6.04 Å². The van der Waals surface area contributed by atoms with Gasteiger partial charge in [0.25, 0.3) is 0 Å². The molecule has 0 fully saturated rings. The molecule has 1 unspecified atom stereocenters. The smallest absolute Gasteiger partial charge is 0.0568 e. The van der Waals surface area contributed by atoms with Gasteiger partial charge in [-0.15, -0.1) is 0 Å². The molecule has 0 aromatic heterocycles. The molecule has 0 spiro atoms. The maximum absolute atomic E-state index is 3.04. The predicted octanol–water partition coefficient (Wildman–Crippen LogP) is 1.44. The van der Waals surface area contributed by atoms with E-state index in [0.29, 0.717) is 6.04 Å². The van der Waals surface area contributed by atoms with Crippen LogP contribution in [0.15, 0.2) is 23.8 Å². The molecule has 1 heterocycles. The lowest BCUT2D eigenvalue weighted by Gasteiger charge is -2.12. The minimum atomic E-state index is 0.373. The van der Waals surface area contributed by atoms with E-state index in [-0.39, 0.29) is 0 Å². The van der Waals surface area contributed by atoms with Gasteiger partial charge in [0.15, 0.2) is 0 Å². The molecular formula is C9H11N. The molecule has 1 heteroatoms. The van der Waals surface area contributed by atoms with Crippen molar-refractivity contribution in [3.63, 3.8) is 0 Å². The van der Waals surface area contributed by atoms with Crippen molar-refractivity contribution in [3.05, 3.63) is 23.8 Å². The highest BCUT2D eigenvalue weighted by Crippen LogP contribution is 2.04.